The fourth-order valence-electron chi connectivity index (χ4n) is 2.25. The smallest absolute Gasteiger partial charge is 0.191 e. The summed E-state index contributed by atoms with van der Waals surface area (Å²) in [4.78, 5) is 6.14. The van der Waals surface area contributed by atoms with Gasteiger partial charge in [0.05, 0.1) is 0 Å². The quantitative estimate of drug-likeness (QED) is 0.580. The standard InChI is InChI=1S/C17H26N4S/c1-3-18-17(19-8-11-21-9-4-5-10-21)20-14-15(2)13-16-7-6-12-22-16/h4-7,9-10,12,15H,3,8,11,13-14H2,1-2H3,(H2,18,19,20). The van der Waals surface area contributed by atoms with E-state index in [0.29, 0.717) is 5.92 Å². The molecular weight excluding hydrogens is 292 g/mol. The number of nitrogens with one attached hydrogen (secondary N) is 2. The Labute approximate surface area is 137 Å². The minimum Gasteiger partial charge on any atom is -0.357 e. The summed E-state index contributed by atoms with van der Waals surface area (Å²) in [5.41, 5.74) is 0. The fraction of sp³-hybridized carbons (Fsp3) is 0.471. The van der Waals surface area contributed by atoms with Crippen LogP contribution < -0.4 is 10.6 Å². The molecule has 2 rings (SSSR count). The van der Waals surface area contributed by atoms with E-state index in [1.807, 2.05) is 23.5 Å². The molecule has 0 fully saturated rings. The molecule has 22 heavy (non-hydrogen) atoms. The average Bonchev–Trinajstić information content (AvgIpc) is 3.18. The van der Waals surface area contributed by atoms with Crippen LogP contribution in [0.4, 0.5) is 0 Å². The van der Waals surface area contributed by atoms with Crippen LogP contribution >= 0.6 is 11.3 Å². The summed E-state index contributed by atoms with van der Waals surface area (Å²) in [6.07, 6.45) is 5.26. The first-order valence-electron chi connectivity index (χ1n) is 7.93. The van der Waals surface area contributed by atoms with E-state index in [4.69, 9.17) is 4.99 Å². The van der Waals surface area contributed by atoms with Crippen LogP contribution in [-0.2, 0) is 13.0 Å². The first-order valence-corrected chi connectivity index (χ1v) is 8.81. The number of guanidine groups is 1. The van der Waals surface area contributed by atoms with E-state index in [9.17, 15) is 0 Å². The van der Waals surface area contributed by atoms with Crippen molar-refractivity contribution in [2.75, 3.05) is 19.6 Å². The molecule has 2 aromatic heterocycles. The lowest BCUT2D eigenvalue weighted by atomic mass is 10.1. The van der Waals surface area contributed by atoms with E-state index < -0.39 is 0 Å². The Morgan fingerprint density at radius 1 is 1.27 bits per heavy atom. The monoisotopic (exact) mass is 318 g/mol. The van der Waals surface area contributed by atoms with Gasteiger partial charge in [0.1, 0.15) is 0 Å². The molecule has 0 aliphatic heterocycles. The average molecular weight is 318 g/mol. The van der Waals surface area contributed by atoms with Crippen molar-refractivity contribution in [2.45, 2.75) is 26.8 Å². The molecule has 0 aliphatic rings. The summed E-state index contributed by atoms with van der Waals surface area (Å²) in [7, 11) is 0. The zero-order valence-corrected chi connectivity index (χ0v) is 14.3. The molecule has 0 bridgehead atoms. The lowest BCUT2D eigenvalue weighted by Crippen LogP contribution is -2.39. The lowest BCUT2D eigenvalue weighted by molar-refractivity contribution is 0.592. The SMILES string of the molecule is CCNC(=NCC(C)Cc1cccs1)NCCn1cccc1. The minimum absolute atomic E-state index is 0.554. The van der Waals surface area contributed by atoms with Gasteiger partial charge in [-0.05, 0) is 42.8 Å². The first kappa shape index (κ1) is 16.6. The molecule has 2 heterocycles. The van der Waals surface area contributed by atoms with Gasteiger partial charge in [0.15, 0.2) is 5.96 Å². The molecule has 1 atom stereocenters. The second-order valence-corrected chi connectivity index (χ2v) is 6.49. The van der Waals surface area contributed by atoms with E-state index >= 15 is 0 Å². The van der Waals surface area contributed by atoms with Crippen LogP contribution in [0, 0.1) is 5.92 Å². The van der Waals surface area contributed by atoms with Crippen LogP contribution in [0.25, 0.3) is 0 Å². The Morgan fingerprint density at radius 2 is 2.09 bits per heavy atom. The number of hydrogen-bond acceptors (Lipinski definition) is 2. The van der Waals surface area contributed by atoms with Crippen LogP contribution in [0.1, 0.15) is 18.7 Å². The third kappa shape index (κ3) is 5.93. The van der Waals surface area contributed by atoms with Crippen LogP contribution in [0.5, 0.6) is 0 Å². The largest absolute Gasteiger partial charge is 0.357 e. The molecule has 0 aliphatic carbocycles. The van der Waals surface area contributed by atoms with Gasteiger partial charge in [0.25, 0.3) is 0 Å². The molecular formula is C17H26N4S. The summed E-state index contributed by atoms with van der Waals surface area (Å²) >= 11 is 1.83. The highest BCUT2D eigenvalue weighted by Crippen LogP contribution is 2.14. The number of rotatable bonds is 8. The van der Waals surface area contributed by atoms with Crippen molar-refractivity contribution in [1.29, 1.82) is 0 Å². The van der Waals surface area contributed by atoms with Gasteiger partial charge in [-0.2, -0.15) is 0 Å². The van der Waals surface area contributed by atoms with Gasteiger partial charge in [0, 0.05) is 43.4 Å². The molecule has 0 amide bonds. The molecule has 0 aromatic carbocycles. The highest BCUT2D eigenvalue weighted by atomic mass is 32.1. The van der Waals surface area contributed by atoms with Crippen molar-refractivity contribution in [2.24, 2.45) is 10.9 Å². The summed E-state index contributed by atoms with van der Waals surface area (Å²) in [6, 6.07) is 8.41. The molecule has 5 heteroatoms. The normalized spacial score (nSPS) is 13.1. The van der Waals surface area contributed by atoms with E-state index in [2.05, 4.69) is 59.0 Å². The van der Waals surface area contributed by atoms with Crippen molar-refractivity contribution in [3.63, 3.8) is 0 Å². The maximum absolute atomic E-state index is 4.70. The van der Waals surface area contributed by atoms with Crippen molar-refractivity contribution < 1.29 is 0 Å². The summed E-state index contributed by atoms with van der Waals surface area (Å²) in [5.74, 6) is 1.46. The summed E-state index contributed by atoms with van der Waals surface area (Å²) in [5, 5.41) is 8.84. The molecule has 2 aromatic rings. The number of aromatic nitrogens is 1. The van der Waals surface area contributed by atoms with Gasteiger partial charge in [-0.3, -0.25) is 4.99 Å². The molecule has 1 unspecified atom stereocenters. The van der Waals surface area contributed by atoms with E-state index in [1.165, 1.54) is 4.88 Å². The Bertz CT molecular complexity index is 531. The van der Waals surface area contributed by atoms with Gasteiger partial charge in [-0.25, -0.2) is 0 Å². The van der Waals surface area contributed by atoms with E-state index in [1.54, 1.807) is 0 Å². The third-order valence-corrected chi connectivity index (χ3v) is 4.26. The van der Waals surface area contributed by atoms with Crippen LogP contribution in [0.15, 0.2) is 47.0 Å². The lowest BCUT2D eigenvalue weighted by Gasteiger charge is -2.13. The van der Waals surface area contributed by atoms with E-state index in [0.717, 1.165) is 38.6 Å². The molecule has 2 N–H and O–H groups in total. The maximum Gasteiger partial charge on any atom is 0.191 e. The molecule has 4 nitrogen and oxygen atoms in total. The summed E-state index contributed by atoms with van der Waals surface area (Å²) in [6.45, 7) is 7.90. The Balaban J connectivity index is 1.75. The minimum atomic E-state index is 0.554. The number of hydrogen-bond donors (Lipinski definition) is 2. The van der Waals surface area contributed by atoms with Crippen molar-refractivity contribution in [1.82, 2.24) is 15.2 Å². The second kappa shape index (κ2) is 9.30. The van der Waals surface area contributed by atoms with Crippen molar-refractivity contribution in [3.05, 3.63) is 46.9 Å². The highest BCUT2D eigenvalue weighted by Gasteiger charge is 2.05. The number of aliphatic imine (C=N–C) groups is 1. The van der Waals surface area contributed by atoms with Crippen LogP contribution in [-0.4, -0.2) is 30.2 Å². The Hall–Kier alpha value is -1.75. The van der Waals surface area contributed by atoms with Crippen molar-refractivity contribution in [3.8, 4) is 0 Å². The summed E-state index contributed by atoms with van der Waals surface area (Å²) < 4.78 is 2.16. The molecule has 0 saturated heterocycles. The van der Waals surface area contributed by atoms with Crippen LogP contribution in [0.2, 0.25) is 0 Å². The third-order valence-electron chi connectivity index (χ3n) is 3.36. The topological polar surface area (TPSA) is 41.4 Å². The van der Waals surface area contributed by atoms with Gasteiger partial charge < -0.3 is 15.2 Å². The van der Waals surface area contributed by atoms with Gasteiger partial charge >= 0.3 is 0 Å². The molecule has 120 valence electrons. The molecule has 0 saturated carbocycles. The molecule has 0 radical (unpaired) electrons. The van der Waals surface area contributed by atoms with Crippen LogP contribution in [0.3, 0.4) is 0 Å². The predicted molar refractivity (Wildman–Crippen MR) is 95.6 cm³/mol. The Kier molecular flexibility index (Phi) is 7.03. The zero-order valence-electron chi connectivity index (χ0n) is 13.5. The fourth-order valence-corrected chi connectivity index (χ4v) is 3.12. The number of thiophene rings is 1. The van der Waals surface area contributed by atoms with E-state index in [-0.39, 0.29) is 0 Å². The number of nitrogens with zero attached hydrogens (tertiary/aromatic N) is 2. The second-order valence-electron chi connectivity index (χ2n) is 5.46. The van der Waals surface area contributed by atoms with Crippen molar-refractivity contribution >= 4 is 17.3 Å². The predicted octanol–water partition coefficient (Wildman–Crippen LogP) is 2.98. The zero-order chi connectivity index (χ0) is 15.6. The molecule has 0 spiro atoms. The van der Waals surface area contributed by atoms with Gasteiger partial charge in [-0.1, -0.05) is 13.0 Å². The van der Waals surface area contributed by atoms with Gasteiger partial charge in [-0.15, -0.1) is 11.3 Å². The van der Waals surface area contributed by atoms with Gasteiger partial charge in [0.2, 0.25) is 0 Å². The highest BCUT2D eigenvalue weighted by molar-refractivity contribution is 7.09. The maximum atomic E-state index is 4.70. The Morgan fingerprint density at radius 3 is 2.77 bits per heavy atom. The first-order chi connectivity index (χ1) is 10.8.